The number of allylic oxidation sites excluding steroid dienone is 2. The van der Waals surface area contributed by atoms with Crippen LogP contribution in [0.5, 0.6) is 0 Å². The van der Waals surface area contributed by atoms with Crippen molar-refractivity contribution in [3.05, 3.63) is 24.3 Å². The summed E-state index contributed by atoms with van der Waals surface area (Å²) in [4.78, 5) is 0. The van der Waals surface area contributed by atoms with Gasteiger partial charge in [-0.25, -0.2) is 0 Å². The highest BCUT2D eigenvalue weighted by atomic mass is 16.5. The van der Waals surface area contributed by atoms with Crippen molar-refractivity contribution in [3.8, 4) is 0 Å². The van der Waals surface area contributed by atoms with Gasteiger partial charge in [0, 0.05) is 0 Å². The molecule has 2 nitrogen and oxygen atoms in total. The van der Waals surface area contributed by atoms with Crippen molar-refractivity contribution in [2.24, 2.45) is 0 Å². The monoisotopic (exact) mass is 280 g/mol. The fourth-order valence-electron chi connectivity index (χ4n) is 2.51. The summed E-state index contributed by atoms with van der Waals surface area (Å²) in [6.45, 7) is 5.86. The van der Waals surface area contributed by atoms with Crippen LogP contribution < -0.4 is 0 Å². The van der Waals surface area contributed by atoms with E-state index in [0.717, 1.165) is 38.9 Å². The molecule has 2 unspecified atom stereocenters. The van der Waals surface area contributed by atoms with Gasteiger partial charge in [0.1, 0.15) is 0 Å². The molecule has 0 bridgehead atoms. The van der Waals surface area contributed by atoms with Crippen molar-refractivity contribution in [3.63, 3.8) is 0 Å². The Morgan fingerprint density at radius 1 is 0.750 bits per heavy atom. The van der Waals surface area contributed by atoms with E-state index in [-0.39, 0.29) is 12.2 Å². The molecule has 20 heavy (non-hydrogen) atoms. The predicted octanol–water partition coefficient (Wildman–Crippen LogP) is 5.04. The van der Waals surface area contributed by atoms with Crippen LogP contribution in [0.15, 0.2) is 24.3 Å². The van der Waals surface area contributed by atoms with E-state index >= 15 is 0 Å². The second kappa shape index (κ2) is 12.2. The lowest BCUT2D eigenvalue weighted by Gasteiger charge is -2.30. The van der Waals surface area contributed by atoms with Crippen molar-refractivity contribution in [2.45, 2.75) is 77.4 Å². The second-order valence-corrected chi connectivity index (χ2v) is 5.55. The van der Waals surface area contributed by atoms with E-state index in [4.69, 9.17) is 9.47 Å². The number of hydrogen-bond donors (Lipinski definition) is 0. The lowest BCUT2D eigenvalue weighted by molar-refractivity contribution is -0.0783. The van der Waals surface area contributed by atoms with Crippen LogP contribution >= 0.6 is 0 Å². The van der Waals surface area contributed by atoms with E-state index < -0.39 is 0 Å². The highest BCUT2D eigenvalue weighted by molar-refractivity contribution is 4.85. The lowest BCUT2D eigenvalue weighted by Crippen LogP contribution is -2.35. The average Bonchev–Trinajstić information content (AvgIpc) is 2.48. The van der Waals surface area contributed by atoms with Crippen molar-refractivity contribution in [1.82, 2.24) is 0 Å². The molecule has 0 aromatic rings. The standard InChI is InChI=1S/C18H32O2/c1-3-5-7-11-15-19-17-13-9-10-14-18(17)20-16-12-8-6-4-2/h7-8,11-12,17-18H,3-6,9-10,13-16H2,1-2H3. The van der Waals surface area contributed by atoms with Crippen LogP contribution in [-0.4, -0.2) is 25.4 Å². The Morgan fingerprint density at radius 2 is 1.20 bits per heavy atom. The van der Waals surface area contributed by atoms with Gasteiger partial charge in [-0.15, -0.1) is 0 Å². The quantitative estimate of drug-likeness (QED) is 0.522. The summed E-state index contributed by atoms with van der Waals surface area (Å²) in [7, 11) is 0. The van der Waals surface area contributed by atoms with Crippen LogP contribution in [0, 0.1) is 0 Å². The maximum atomic E-state index is 5.98. The first-order valence-corrected chi connectivity index (χ1v) is 8.41. The summed E-state index contributed by atoms with van der Waals surface area (Å²) in [6.07, 6.45) is 18.8. The molecule has 0 N–H and O–H groups in total. The van der Waals surface area contributed by atoms with E-state index in [1.54, 1.807) is 0 Å². The summed E-state index contributed by atoms with van der Waals surface area (Å²) in [5.74, 6) is 0. The van der Waals surface area contributed by atoms with Gasteiger partial charge in [0.15, 0.2) is 0 Å². The molecule has 0 aromatic heterocycles. The molecule has 1 saturated carbocycles. The van der Waals surface area contributed by atoms with Crippen LogP contribution in [0.3, 0.4) is 0 Å². The Labute approximate surface area is 125 Å². The molecule has 1 aliphatic carbocycles. The molecule has 0 amide bonds. The minimum atomic E-state index is 0.287. The van der Waals surface area contributed by atoms with Crippen LogP contribution in [0.4, 0.5) is 0 Å². The molecule has 0 heterocycles. The lowest BCUT2D eigenvalue weighted by atomic mass is 9.94. The van der Waals surface area contributed by atoms with E-state index in [1.807, 2.05) is 0 Å². The molecule has 1 rings (SSSR count). The first-order chi connectivity index (χ1) is 9.88. The fourth-order valence-corrected chi connectivity index (χ4v) is 2.51. The van der Waals surface area contributed by atoms with Gasteiger partial charge < -0.3 is 9.47 Å². The van der Waals surface area contributed by atoms with Crippen molar-refractivity contribution in [1.29, 1.82) is 0 Å². The Hall–Kier alpha value is -0.600. The third-order valence-corrected chi connectivity index (χ3v) is 3.70. The van der Waals surface area contributed by atoms with Crippen molar-refractivity contribution < 1.29 is 9.47 Å². The van der Waals surface area contributed by atoms with Crippen LogP contribution in [0.1, 0.15) is 65.2 Å². The van der Waals surface area contributed by atoms with E-state index in [2.05, 4.69) is 38.2 Å². The van der Waals surface area contributed by atoms with Gasteiger partial charge in [0.2, 0.25) is 0 Å². The molecule has 1 fully saturated rings. The first kappa shape index (κ1) is 17.5. The summed E-state index contributed by atoms with van der Waals surface area (Å²) >= 11 is 0. The third kappa shape index (κ3) is 7.86. The Kier molecular flexibility index (Phi) is 10.6. The largest absolute Gasteiger partial charge is 0.371 e. The van der Waals surface area contributed by atoms with Gasteiger partial charge in [-0.05, 0) is 25.7 Å². The van der Waals surface area contributed by atoms with Gasteiger partial charge in [-0.2, -0.15) is 0 Å². The molecule has 116 valence electrons. The Balaban J connectivity index is 2.23. The van der Waals surface area contributed by atoms with E-state index in [1.165, 1.54) is 25.7 Å². The molecule has 0 aromatic carbocycles. The molecule has 0 spiro atoms. The maximum Gasteiger partial charge on any atom is 0.0841 e. The minimum absolute atomic E-state index is 0.287. The van der Waals surface area contributed by atoms with Gasteiger partial charge in [0.05, 0.1) is 25.4 Å². The first-order valence-electron chi connectivity index (χ1n) is 8.41. The predicted molar refractivity (Wildman–Crippen MR) is 86.0 cm³/mol. The summed E-state index contributed by atoms with van der Waals surface area (Å²) in [6, 6.07) is 0. The SMILES string of the molecule is CCCC=CCOC1CCCCC1OCC=CCCC. The van der Waals surface area contributed by atoms with Gasteiger partial charge >= 0.3 is 0 Å². The molecule has 1 aliphatic rings. The van der Waals surface area contributed by atoms with Crippen LogP contribution in [0.25, 0.3) is 0 Å². The maximum absolute atomic E-state index is 5.98. The summed E-state index contributed by atoms with van der Waals surface area (Å²) in [5, 5.41) is 0. The van der Waals surface area contributed by atoms with Gasteiger partial charge in [-0.3, -0.25) is 0 Å². The topological polar surface area (TPSA) is 18.5 Å². The molecule has 0 radical (unpaired) electrons. The van der Waals surface area contributed by atoms with Gasteiger partial charge in [-0.1, -0.05) is 63.8 Å². The summed E-state index contributed by atoms with van der Waals surface area (Å²) in [5.41, 5.74) is 0. The highest BCUT2D eigenvalue weighted by Gasteiger charge is 2.25. The molecular weight excluding hydrogens is 248 g/mol. The van der Waals surface area contributed by atoms with Gasteiger partial charge in [0.25, 0.3) is 0 Å². The molecule has 0 aliphatic heterocycles. The van der Waals surface area contributed by atoms with Crippen LogP contribution in [0.2, 0.25) is 0 Å². The zero-order valence-corrected chi connectivity index (χ0v) is 13.4. The number of unbranched alkanes of at least 4 members (excludes halogenated alkanes) is 2. The normalized spacial score (nSPS) is 23.9. The molecular formula is C18H32O2. The Bertz CT molecular complexity index is 243. The second-order valence-electron chi connectivity index (χ2n) is 5.55. The smallest absolute Gasteiger partial charge is 0.0841 e. The summed E-state index contributed by atoms with van der Waals surface area (Å²) < 4.78 is 12.0. The zero-order chi connectivity index (χ0) is 14.5. The highest BCUT2D eigenvalue weighted by Crippen LogP contribution is 2.24. The number of rotatable bonds is 10. The van der Waals surface area contributed by atoms with Crippen LogP contribution in [-0.2, 0) is 9.47 Å². The zero-order valence-electron chi connectivity index (χ0n) is 13.4. The molecule has 2 atom stereocenters. The number of ether oxygens (including phenoxy) is 2. The van der Waals surface area contributed by atoms with E-state index in [0.29, 0.717) is 0 Å². The number of hydrogen-bond acceptors (Lipinski definition) is 2. The van der Waals surface area contributed by atoms with Crippen molar-refractivity contribution in [2.75, 3.05) is 13.2 Å². The van der Waals surface area contributed by atoms with E-state index in [9.17, 15) is 0 Å². The fraction of sp³-hybridized carbons (Fsp3) is 0.778. The minimum Gasteiger partial charge on any atom is -0.371 e. The molecule has 2 heteroatoms. The Morgan fingerprint density at radius 3 is 1.60 bits per heavy atom. The molecule has 0 saturated heterocycles. The van der Waals surface area contributed by atoms with Crippen molar-refractivity contribution >= 4 is 0 Å². The third-order valence-electron chi connectivity index (χ3n) is 3.70. The average molecular weight is 280 g/mol.